The third kappa shape index (κ3) is 2.31. The molecule has 5 nitrogen and oxygen atoms in total. The van der Waals surface area contributed by atoms with Crippen LogP contribution in [0.2, 0.25) is 0 Å². The lowest BCUT2D eigenvalue weighted by atomic mass is 10.1. The first kappa shape index (κ1) is 13.1. The Balaban J connectivity index is 2.05. The Morgan fingerprint density at radius 1 is 1.10 bits per heavy atom. The van der Waals surface area contributed by atoms with Crippen molar-refractivity contribution in [3.05, 3.63) is 54.3 Å². The van der Waals surface area contributed by atoms with Crippen molar-refractivity contribution in [1.29, 1.82) is 0 Å². The Morgan fingerprint density at radius 2 is 1.81 bits per heavy atom. The summed E-state index contributed by atoms with van der Waals surface area (Å²) >= 11 is 0. The van der Waals surface area contributed by atoms with Gasteiger partial charge in [0, 0.05) is 5.56 Å². The number of hydrogen-bond donors (Lipinski definition) is 1. The Morgan fingerprint density at radius 3 is 2.48 bits per heavy atom. The van der Waals surface area contributed by atoms with Gasteiger partial charge in [-0.2, -0.15) is 4.68 Å². The molecule has 0 spiro atoms. The van der Waals surface area contributed by atoms with Crippen molar-refractivity contribution in [2.45, 2.75) is 0 Å². The minimum Gasteiger partial charge on any atom is -0.497 e. The largest absolute Gasteiger partial charge is 0.497 e. The van der Waals surface area contributed by atoms with Crippen LogP contribution in [0.4, 0.5) is 10.2 Å². The van der Waals surface area contributed by atoms with Crippen LogP contribution in [0.1, 0.15) is 0 Å². The van der Waals surface area contributed by atoms with Crippen LogP contribution in [-0.2, 0) is 0 Å². The van der Waals surface area contributed by atoms with E-state index < -0.39 is 5.82 Å². The maximum Gasteiger partial charge on any atom is 0.156 e. The van der Waals surface area contributed by atoms with Crippen LogP contribution in [0.5, 0.6) is 5.75 Å². The van der Waals surface area contributed by atoms with Crippen molar-refractivity contribution >= 4 is 5.82 Å². The number of benzene rings is 2. The molecule has 3 rings (SSSR count). The molecule has 0 aliphatic rings. The van der Waals surface area contributed by atoms with Gasteiger partial charge < -0.3 is 10.5 Å². The van der Waals surface area contributed by atoms with Crippen LogP contribution in [-0.4, -0.2) is 22.1 Å². The summed E-state index contributed by atoms with van der Waals surface area (Å²) in [5.74, 6) is 0.611. The van der Waals surface area contributed by atoms with Crippen molar-refractivity contribution in [3.63, 3.8) is 0 Å². The van der Waals surface area contributed by atoms with Crippen LogP contribution in [0.3, 0.4) is 0 Å². The lowest BCUT2D eigenvalue weighted by molar-refractivity contribution is 0.415. The van der Waals surface area contributed by atoms with E-state index in [0.717, 1.165) is 11.3 Å². The van der Waals surface area contributed by atoms with Crippen LogP contribution >= 0.6 is 0 Å². The summed E-state index contributed by atoms with van der Waals surface area (Å²) in [6.45, 7) is 0. The number of para-hydroxylation sites is 1. The molecule has 0 fully saturated rings. The van der Waals surface area contributed by atoms with E-state index in [1.807, 2.05) is 12.1 Å². The predicted octanol–water partition coefficient (Wildman–Crippen LogP) is 2.66. The van der Waals surface area contributed by atoms with Crippen molar-refractivity contribution in [3.8, 4) is 22.7 Å². The average Bonchev–Trinajstić information content (AvgIpc) is 2.89. The number of rotatable bonds is 3. The number of anilines is 1. The zero-order chi connectivity index (χ0) is 14.8. The molecular weight excluding hydrogens is 271 g/mol. The molecule has 106 valence electrons. The van der Waals surface area contributed by atoms with E-state index in [9.17, 15) is 4.39 Å². The summed E-state index contributed by atoms with van der Waals surface area (Å²) in [6.07, 6.45) is 0. The third-order valence-corrected chi connectivity index (χ3v) is 3.15. The minimum absolute atomic E-state index is 0.266. The van der Waals surface area contributed by atoms with Gasteiger partial charge in [-0.3, -0.25) is 0 Å². The van der Waals surface area contributed by atoms with Gasteiger partial charge in [0.25, 0.3) is 0 Å². The van der Waals surface area contributed by atoms with E-state index >= 15 is 0 Å². The molecule has 0 atom stereocenters. The first-order chi connectivity index (χ1) is 10.2. The van der Waals surface area contributed by atoms with Crippen LogP contribution in [0.25, 0.3) is 16.9 Å². The molecular formula is C15H13FN4O. The van der Waals surface area contributed by atoms with Gasteiger partial charge in [-0.25, -0.2) is 4.39 Å². The summed E-state index contributed by atoms with van der Waals surface area (Å²) in [4.78, 5) is 0. The maximum absolute atomic E-state index is 13.8. The number of hydrogen-bond acceptors (Lipinski definition) is 4. The summed E-state index contributed by atoms with van der Waals surface area (Å²) < 4.78 is 20.2. The Kier molecular flexibility index (Phi) is 3.27. The first-order valence-electron chi connectivity index (χ1n) is 6.31. The SMILES string of the molecule is COc1ccc(-c2nnn(-c3ccccc3F)c2N)cc1. The van der Waals surface area contributed by atoms with Crippen molar-refractivity contribution < 1.29 is 9.13 Å². The molecule has 0 aliphatic heterocycles. The summed E-state index contributed by atoms with van der Waals surface area (Å²) in [5.41, 5.74) is 7.60. The normalized spacial score (nSPS) is 10.6. The highest BCUT2D eigenvalue weighted by molar-refractivity contribution is 5.71. The van der Waals surface area contributed by atoms with Gasteiger partial charge in [-0.05, 0) is 36.4 Å². The Hall–Kier alpha value is -2.89. The number of methoxy groups -OCH3 is 1. The van der Waals surface area contributed by atoms with Crippen LogP contribution < -0.4 is 10.5 Å². The molecule has 0 radical (unpaired) electrons. The van der Waals surface area contributed by atoms with Crippen molar-refractivity contribution in [1.82, 2.24) is 15.0 Å². The second-order valence-corrected chi connectivity index (χ2v) is 4.42. The molecule has 0 amide bonds. The smallest absolute Gasteiger partial charge is 0.156 e. The van der Waals surface area contributed by atoms with Gasteiger partial charge in [-0.1, -0.05) is 17.3 Å². The highest BCUT2D eigenvalue weighted by Crippen LogP contribution is 2.27. The second-order valence-electron chi connectivity index (χ2n) is 4.42. The highest BCUT2D eigenvalue weighted by Gasteiger charge is 2.15. The topological polar surface area (TPSA) is 66.0 Å². The summed E-state index contributed by atoms with van der Waals surface area (Å²) in [7, 11) is 1.60. The molecule has 0 saturated heterocycles. The molecule has 6 heteroatoms. The number of ether oxygens (including phenoxy) is 1. The maximum atomic E-state index is 13.8. The molecule has 0 aliphatic carbocycles. The molecule has 1 aromatic heterocycles. The number of nitrogens with two attached hydrogens (primary N) is 1. The highest BCUT2D eigenvalue weighted by atomic mass is 19.1. The van der Waals surface area contributed by atoms with Crippen LogP contribution in [0.15, 0.2) is 48.5 Å². The summed E-state index contributed by atoms with van der Waals surface area (Å²) in [6, 6.07) is 13.5. The predicted molar refractivity (Wildman–Crippen MR) is 77.7 cm³/mol. The quantitative estimate of drug-likeness (QED) is 0.803. The second kappa shape index (κ2) is 5.24. The van der Waals surface area contributed by atoms with Crippen molar-refractivity contribution in [2.24, 2.45) is 0 Å². The fraction of sp³-hybridized carbons (Fsp3) is 0.0667. The van der Waals surface area contributed by atoms with E-state index in [2.05, 4.69) is 10.3 Å². The van der Waals surface area contributed by atoms with Crippen molar-refractivity contribution in [2.75, 3.05) is 12.8 Å². The fourth-order valence-electron chi connectivity index (χ4n) is 2.05. The minimum atomic E-state index is -0.407. The molecule has 0 bridgehead atoms. The lowest BCUT2D eigenvalue weighted by Gasteiger charge is -2.05. The lowest BCUT2D eigenvalue weighted by Crippen LogP contribution is -2.04. The fourth-order valence-corrected chi connectivity index (χ4v) is 2.05. The molecule has 1 heterocycles. The Labute approximate surface area is 120 Å². The van der Waals surface area contributed by atoms with Gasteiger partial charge in [0.2, 0.25) is 0 Å². The zero-order valence-corrected chi connectivity index (χ0v) is 11.3. The van der Waals surface area contributed by atoms with Gasteiger partial charge in [0.1, 0.15) is 22.9 Å². The number of halogens is 1. The molecule has 21 heavy (non-hydrogen) atoms. The number of aromatic nitrogens is 3. The molecule has 2 N–H and O–H groups in total. The van der Waals surface area contributed by atoms with Gasteiger partial charge >= 0.3 is 0 Å². The standard InChI is InChI=1S/C15H13FN4O/c1-21-11-8-6-10(7-9-11)14-15(17)20(19-18-14)13-5-3-2-4-12(13)16/h2-9H,17H2,1H3. The number of nitrogen functional groups attached to an aromatic ring is 1. The molecule has 3 aromatic rings. The average molecular weight is 284 g/mol. The van der Waals surface area contributed by atoms with E-state index in [1.54, 1.807) is 37.4 Å². The van der Waals surface area contributed by atoms with Crippen LogP contribution in [0, 0.1) is 5.82 Å². The van der Waals surface area contributed by atoms with Gasteiger partial charge in [-0.15, -0.1) is 5.10 Å². The van der Waals surface area contributed by atoms with E-state index in [-0.39, 0.29) is 11.5 Å². The third-order valence-electron chi connectivity index (χ3n) is 3.15. The monoisotopic (exact) mass is 284 g/mol. The van der Waals surface area contributed by atoms with E-state index in [0.29, 0.717) is 5.69 Å². The summed E-state index contributed by atoms with van der Waals surface area (Å²) in [5, 5.41) is 7.98. The molecule has 2 aromatic carbocycles. The molecule has 0 unspecified atom stereocenters. The number of nitrogens with zero attached hydrogens (tertiary/aromatic N) is 3. The Bertz CT molecular complexity index is 768. The zero-order valence-electron chi connectivity index (χ0n) is 11.3. The van der Waals surface area contributed by atoms with E-state index in [1.165, 1.54) is 10.7 Å². The molecule has 0 saturated carbocycles. The first-order valence-corrected chi connectivity index (χ1v) is 6.31. The van der Waals surface area contributed by atoms with E-state index in [4.69, 9.17) is 10.5 Å². The van der Waals surface area contributed by atoms with Gasteiger partial charge in [0.05, 0.1) is 7.11 Å². The van der Waals surface area contributed by atoms with Gasteiger partial charge in [0.15, 0.2) is 5.82 Å².